The van der Waals surface area contributed by atoms with E-state index in [1.165, 1.54) is 31.2 Å². The first-order chi connectivity index (χ1) is 11.9. The Kier molecular flexibility index (Phi) is 28.1. The Hall–Kier alpha value is -1.47. The van der Waals surface area contributed by atoms with Crippen LogP contribution in [0, 0.1) is 0 Å². The van der Waals surface area contributed by atoms with Crippen LogP contribution in [-0.4, -0.2) is 42.9 Å². The number of hydrogen-bond donors (Lipinski definition) is 4. The van der Waals surface area contributed by atoms with Gasteiger partial charge in [-0.1, -0.05) is 53.4 Å². The summed E-state index contributed by atoms with van der Waals surface area (Å²) in [7, 11) is 1.80. The molecule has 0 heterocycles. The van der Waals surface area contributed by atoms with Crippen molar-refractivity contribution in [3.05, 3.63) is 0 Å². The molecular weight excluding hydrogens is 322 g/mol. The van der Waals surface area contributed by atoms with E-state index < -0.39 is 5.91 Å². The lowest BCUT2D eigenvalue weighted by molar-refractivity contribution is -0.132. The van der Waals surface area contributed by atoms with Crippen LogP contribution in [0.1, 0.15) is 79.1 Å². The highest BCUT2D eigenvalue weighted by Gasteiger charge is 2.07. The molecule has 0 aromatic rings. The molecule has 7 heteroatoms. The van der Waals surface area contributed by atoms with E-state index in [2.05, 4.69) is 38.3 Å². The van der Waals surface area contributed by atoms with Crippen molar-refractivity contribution in [2.45, 2.75) is 79.1 Å². The Labute approximate surface area is 153 Å². The van der Waals surface area contributed by atoms with Crippen LogP contribution >= 0.6 is 0 Å². The van der Waals surface area contributed by atoms with Gasteiger partial charge in [0.1, 0.15) is 0 Å². The Bertz CT molecular complexity index is 321. The van der Waals surface area contributed by atoms with Gasteiger partial charge in [-0.2, -0.15) is 0 Å². The van der Waals surface area contributed by atoms with E-state index in [9.17, 15) is 14.4 Å². The number of amides is 2. The van der Waals surface area contributed by atoms with E-state index in [1.54, 1.807) is 7.05 Å². The second kappa shape index (κ2) is 24.8. The maximum Gasteiger partial charge on any atom is 0.243 e. The average Bonchev–Trinajstić information content (AvgIpc) is 2.60. The molecule has 0 aromatic heterocycles. The summed E-state index contributed by atoms with van der Waals surface area (Å²) in [5, 5.41) is 13.5. The van der Waals surface area contributed by atoms with Crippen LogP contribution in [0.25, 0.3) is 0 Å². The molecular formula is C18H39N3O4. The van der Waals surface area contributed by atoms with Gasteiger partial charge in [-0.25, -0.2) is 5.48 Å². The smallest absolute Gasteiger partial charge is 0.243 e. The number of carbonyl (C=O) groups excluding carboxylic acids is 3. The normalized spacial score (nSPS) is 9.04. The molecule has 0 aliphatic rings. The van der Waals surface area contributed by atoms with E-state index in [0.717, 1.165) is 13.0 Å². The molecule has 0 aliphatic carbocycles. The second-order valence-corrected chi connectivity index (χ2v) is 5.62. The van der Waals surface area contributed by atoms with Crippen LogP contribution in [0.3, 0.4) is 0 Å². The van der Waals surface area contributed by atoms with E-state index in [1.807, 2.05) is 0 Å². The molecule has 0 radical (unpaired) electrons. The molecule has 0 bridgehead atoms. The molecule has 0 atom stereocenters. The van der Waals surface area contributed by atoms with E-state index in [4.69, 9.17) is 5.21 Å². The molecule has 0 saturated heterocycles. The van der Waals surface area contributed by atoms with Crippen LogP contribution in [-0.2, 0) is 14.4 Å². The van der Waals surface area contributed by atoms with Gasteiger partial charge in [0.05, 0.1) is 6.54 Å². The van der Waals surface area contributed by atoms with Gasteiger partial charge in [-0.15, -0.1) is 0 Å². The molecule has 7 nitrogen and oxygen atoms in total. The lowest BCUT2D eigenvalue weighted by Gasteiger charge is -2.04. The monoisotopic (exact) mass is 361 g/mol. The number of ketones is 1. The number of hydrogen-bond acceptors (Lipinski definition) is 5. The minimum atomic E-state index is -0.625. The fraction of sp³-hybridized carbons (Fsp3) is 0.833. The van der Waals surface area contributed by atoms with Crippen molar-refractivity contribution in [1.29, 1.82) is 0 Å². The van der Waals surface area contributed by atoms with Gasteiger partial charge in [0.2, 0.25) is 11.8 Å². The van der Waals surface area contributed by atoms with Crippen molar-refractivity contribution in [1.82, 2.24) is 16.1 Å². The molecule has 0 saturated carbocycles. The first kappa shape index (κ1) is 28.3. The van der Waals surface area contributed by atoms with Gasteiger partial charge in [0.15, 0.2) is 5.78 Å². The van der Waals surface area contributed by atoms with E-state index in [-0.39, 0.29) is 31.1 Å². The summed E-state index contributed by atoms with van der Waals surface area (Å²) in [6.07, 6.45) is 6.33. The van der Waals surface area contributed by atoms with Gasteiger partial charge in [-0.05, 0) is 20.0 Å². The van der Waals surface area contributed by atoms with Gasteiger partial charge >= 0.3 is 0 Å². The fourth-order valence-electron chi connectivity index (χ4n) is 1.47. The van der Waals surface area contributed by atoms with Gasteiger partial charge in [0.25, 0.3) is 0 Å². The first-order valence-corrected chi connectivity index (χ1v) is 9.29. The SMILES string of the molecule is CCC.CCCCC.CNCCCC(=O)CNC(=O)CCC(=O)NO. The minimum absolute atomic E-state index is 0.0106. The maximum atomic E-state index is 11.3. The van der Waals surface area contributed by atoms with Crippen molar-refractivity contribution in [3.63, 3.8) is 0 Å². The summed E-state index contributed by atoms with van der Waals surface area (Å²) in [4.78, 5) is 33.0. The van der Waals surface area contributed by atoms with E-state index >= 15 is 0 Å². The molecule has 0 unspecified atom stereocenters. The predicted octanol–water partition coefficient (Wildman–Crippen LogP) is 2.57. The Morgan fingerprint density at radius 3 is 1.76 bits per heavy atom. The summed E-state index contributed by atoms with van der Waals surface area (Å²) in [5.41, 5.74) is 1.43. The standard InChI is InChI=1S/C10H19N3O4.C5H12.C3H8/c1-11-6-2-3-8(14)7-12-9(15)4-5-10(16)13-17;1-3-5-4-2;1-3-2/h11,17H,2-7H2,1H3,(H,12,15)(H,13,16);3-5H2,1-2H3;3H2,1-2H3. The van der Waals surface area contributed by atoms with Gasteiger partial charge in [0, 0.05) is 19.3 Å². The highest BCUT2D eigenvalue weighted by molar-refractivity contribution is 5.87. The Balaban J connectivity index is -0.000000504. The number of unbranched alkanes of at least 4 members (excludes halogenated alkanes) is 2. The van der Waals surface area contributed by atoms with Crippen LogP contribution in [0.5, 0.6) is 0 Å². The third-order valence-electron chi connectivity index (χ3n) is 2.78. The number of rotatable bonds is 11. The predicted molar refractivity (Wildman–Crippen MR) is 102 cm³/mol. The number of nitrogens with one attached hydrogen (secondary N) is 3. The molecule has 0 aliphatic heterocycles. The number of carbonyl (C=O) groups is 3. The third kappa shape index (κ3) is 30.9. The van der Waals surface area contributed by atoms with Crippen molar-refractivity contribution in [2.75, 3.05) is 20.1 Å². The maximum absolute atomic E-state index is 11.3. The van der Waals surface area contributed by atoms with Gasteiger partial charge in [-0.3, -0.25) is 19.6 Å². The highest BCUT2D eigenvalue weighted by Crippen LogP contribution is 1.91. The third-order valence-corrected chi connectivity index (χ3v) is 2.78. The Morgan fingerprint density at radius 1 is 0.840 bits per heavy atom. The lowest BCUT2D eigenvalue weighted by atomic mass is 10.2. The summed E-state index contributed by atoms with van der Waals surface area (Å²) in [5.74, 6) is -1.05. The summed E-state index contributed by atoms with van der Waals surface area (Å²) < 4.78 is 0. The van der Waals surface area contributed by atoms with Crippen molar-refractivity contribution >= 4 is 17.6 Å². The molecule has 2 amide bonds. The minimum Gasteiger partial charge on any atom is -0.349 e. The molecule has 0 fully saturated rings. The van der Waals surface area contributed by atoms with Gasteiger partial charge < -0.3 is 10.6 Å². The first-order valence-electron chi connectivity index (χ1n) is 9.29. The fourth-order valence-corrected chi connectivity index (χ4v) is 1.47. The lowest BCUT2D eigenvalue weighted by Crippen LogP contribution is -2.31. The zero-order chi connectivity index (χ0) is 19.9. The van der Waals surface area contributed by atoms with Crippen LogP contribution in [0.2, 0.25) is 0 Å². The summed E-state index contributed by atoms with van der Waals surface area (Å²) in [6.45, 7) is 9.42. The number of Topliss-reactive ketones (excluding diaryl/α,β-unsaturated/α-hetero) is 1. The van der Waals surface area contributed by atoms with Crippen molar-refractivity contribution in [3.8, 4) is 0 Å². The average molecular weight is 362 g/mol. The number of hydroxylamine groups is 1. The quantitative estimate of drug-likeness (QED) is 0.257. The molecule has 25 heavy (non-hydrogen) atoms. The van der Waals surface area contributed by atoms with Crippen LogP contribution < -0.4 is 16.1 Å². The molecule has 0 spiro atoms. The largest absolute Gasteiger partial charge is 0.349 e. The molecule has 150 valence electrons. The molecule has 0 aromatic carbocycles. The summed E-state index contributed by atoms with van der Waals surface area (Å²) in [6, 6.07) is 0. The highest BCUT2D eigenvalue weighted by atomic mass is 16.5. The zero-order valence-corrected chi connectivity index (χ0v) is 16.7. The van der Waals surface area contributed by atoms with Crippen molar-refractivity contribution in [2.24, 2.45) is 0 Å². The van der Waals surface area contributed by atoms with Crippen LogP contribution in [0.4, 0.5) is 0 Å². The second-order valence-electron chi connectivity index (χ2n) is 5.62. The zero-order valence-electron chi connectivity index (χ0n) is 16.7. The Morgan fingerprint density at radius 2 is 1.36 bits per heavy atom. The molecule has 0 rings (SSSR count). The molecule has 4 N–H and O–H groups in total. The summed E-state index contributed by atoms with van der Waals surface area (Å²) >= 11 is 0. The van der Waals surface area contributed by atoms with Crippen molar-refractivity contribution < 1.29 is 19.6 Å². The topological polar surface area (TPSA) is 108 Å². The van der Waals surface area contributed by atoms with Crippen LogP contribution in [0.15, 0.2) is 0 Å². The van der Waals surface area contributed by atoms with E-state index in [0.29, 0.717) is 6.42 Å².